The van der Waals surface area contributed by atoms with Crippen LogP contribution < -0.4 is 5.56 Å². The minimum absolute atomic E-state index is 0.0927. The van der Waals surface area contributed by atoms with E-state index >= 15 is 0 Å². The van der Waals surface area contributed by atoms with Crippen LogP contribution in [0, 0.1) is 11.6 Å². The van der Waals surface area contributed by atoms with Crippen LogP contribution in [-0.4, -0.2) is 35.1 Å². The maximum absolute atomic E-state index is 13.1. The first kappa shape index (κ1) is 12.6. The summed E-state index contributed by atoms with van der Waals surface area (Å²) in [6.45, 7) is 1.12. The Morgan fingerprint density at radius 1 is 1.28 bits per heavy atom. The molecule has 0 bridgehead atoms. The van der Waals surface area contributed by atoms with Gasteiger partial charge in [-0.15, -0.1) is 0 Å². The summed E-state index contributed by atoms with van der Waals surface area (Å²) in [6, 6.07) is 1.83. The molecule has 0 spiro atoms. The molecule has 0 amide bonds. The molecule has 1 aromatic carbocycles. The summed E-state index contributed by atoms with van der Waals surface area (Å²) in [7, 11) is 3.77. The first-order chi connectivity index (χ1) is 8.49. The Kier molecular flexibility index (Phi) is 3.38. The number of hydrogen-bond donors (Lipinski definition) is 0. The fourth-order valence-corrected chi connectivity index (χ4v) is 1.62. The van der Waals surface area contributed by atoms with Gasteiger partial charge in [-0.25, -0.2) is 13.8 Å². The van der Waals surface area contributed by atoms with Crippen LogP contribution in [0.5, 0.6) is 0 Å². The topological polar surface area (TPSA) is 38.1 Å². The van der Waals surface area contributed by atoms with Gasteiger partial charge in [0.05, 0.1) is 17.2 Å². The molecule has 0 aliphatic heterocycles. The van der Waals surface area contributed by atoms with Crippen molar-refractivity contribution >= 4 is 10.9 Å². The highest BCUT2D eigenvalue weighted by Crippen LogP contribution is 2.12. The van der Waals surface area contributed by atoms with Crippen LogP contribution in [0.15, 0.2) is 23.3 Å². The number of nitrogens with zero attached hydrogens (tertiary/aromatic N) is 3. The molecule has 0 N–H and O–H groups in total. The Bertz CT molecular complexity index is 637. The van der Waals surface area contributed by atoms with E-state index in [1.807, 2.05) is 19.0 Å². The summed E-state index contributed by atoms with van der Waals surface area (Å²) < 4.78 is 27.5. The first-order valence-corrected chi connectivity index (χ1v) is 5.48. The zero-order valence-corrected chi connectivity index (χ0v) is 10.2. The van der Waals surface area contributed by atoms with Gasteiger partial charge in [0.1, 0.15) is 0 Å². The quantitative estimate of drug-likeness (QED) is 0.826. The molecule has 2 aromatic rings. The van der Waals surface area contributed by atoms with Crippen molar-refractivity contribution in [2.75, 3.05) is 20.6 Å². The minimum Gasteiger partial charge on any atom is -0.308 e. The normalized spacial score (nSPS) is 11.4. The summed E-state index contributed by atoms with van der Waals surface area (Å²) in [5.74, 6) is -2.03. The van der Waals surface area contributed by atoms with Gasteiger partial charge < -0.3 is 4.90 Å². The molecule has 4 nitrogen and oxygen atoms in total. The maximum atomic E-state index is 13.1. The lowest BCUT2D eigenvalue weighted by molar-refractivity contribution is 0.380. The second-order valence-corrected chi connectivity index (χ2v) is 4.33. The summed E-state index contributed by atoms with van der Waals surface area (Å²) in [5, 5.41) is 0.0927. The Hall–Kier alpha value is -1.82. The number of benzene rings is 1. The van der Waals surface area contributed by atoms with Crippen molar-refractivity contribution in [2.45, 2.75) is 6.54 Å². The summed E-state index contributed by atoms with van der Waals surface area (Å²) >= 11 is 0. The monoisotopic (exact) mass is 253 g/mol. The zero-order chi connectivity index (χ0) is 13.3. The van der Waals surface area contributed by atoms with E-state index in [1.54, 1.807) is 0 Å². The molecule has 0 aliphatic carbocycles. The molecule has 0 saturated heterocycles. The van der Waals surface area contributed by atoms with Crippen LogP contribution in [0.2, 0.25) is 0 Å². The van der Waals surface area contributed by atoms with E-state index in [0.29, 0.717) is 13.1 Å². The van der Waals surface area contributed by atoms with Gasteiger partial charge in [-0.2, -0.15) is 0 Å². The van der Waals surface area contributed by atoms with Crippen molar-refractivity contribution in [3.8, 4) is 0 Å². The average molecular weight is 253 g/mol. The highest BCUT2D eigenvalue weighted by atomic mass is 19.2. The van der Waals surface area contributed by atoms with Gasteiger partial charge in [-0.05, 0) is 20.2 Å². The predicted octanol–water partition coefficient (Wildman–Crippen LogP) is 1.24. The lowest BCUT2D eigenvalue weighted by Crippen LogP contribution is -2.26. The van der Waals surface area contributed by atoms with Crippen LogP contribution >= 0.6 is 0 Å². The number of halogens is 2. The van der Waals surface area contributed by atoms with Crippen LogP contribution in [0.3, 0.4) is 0 Å². The lowest BCUT2D eigenvalue weighted by Gasteiger charge is -2.11. The van der Waals surface area contributed by atoms with Crippen molar-refractivity contribution in [1.29, 1.82) is 0 Å². The van der Waals surface area contributed by atoms with Crippen LogP contribution in [0.4, 0.5) is 8.78 Å². The standard InChI is InChI=1S/C12H13F2N3O/c1-16(2)3-4-17-7-15-11-6-10(14)9(13)5-8(11)12(17)18/h5-7H,3-4H2,1-2H3. The lowest BCUT2D eigenvalue weighted by atomic mass is 10.2. The SMILES string of the molecule is CN(C)CCn1cnc2cc(F)c(F)cc2c1=O. The Labute approximate surface area is 102 Å². The van der Waals surface area contributed by atoms with E-state index in [2.05, 4.69) is 4.98 Å². The van der Waals surface area contributed by atoms with Gasteiger partial charge in [-0.3, -0.25) is 9.36 Å². The molecule has 1 aromatic heterocycles. The van der Waals surface area contributed by atoms with Gasteiger partial charge in [0.2, 0.25) is 0 Å². The highest BCUT2D eigenvalue weighted by molar-refractivity contribution is 5.77. The molecular formula is C12H13F2N3O. The number of rotatable bonds is 3. The summed E-state index contributed by atoms with van der Waals surface area (Å²) in [6.07, 6.45) is 1.35. The van der Waals surface area contributed by atoms with Crippen LogP contribution in [0.1, 0.15) is 0 Å². The van der Waals surface area contributed by atoms with Gasteiger partial charge >= 0.3 is 0 Å². The summed E-state index contributed by atoms with van der Waals surface area (Å²) in [4.78, 5) is 17.9. The van der Waals surface area contributed by atoms with Crippen LogP contribution in [-0.2, 0) is 6.54 Å². The Morgan fingerprint density at radius 2 is 1.94 bits per heavy atom. The van der Waals surface area contributed by atoms with E-state index in [1.165, 1.54) is 10.9 Å². The third-order valence-electron chi connectivity index (χ3n) is 2.65. The number of likely N-dealkylation sites (N-methyl/N-ethyl adjacent to an activating group) is 1. The van der Waals surface area contributed by atoms with E-state index < -0.39 is 11.6 Å². The molecule has 96 valence electrons. The molecule has 1 heterocycles. The molecule has 0 radical (unpaired) electrons. The molecule has 0 atom stereocenters. The third kappa shape index (κ3) is 2.38. The van der Waals surface area contributed by atoms with Gasteiger partial charge in [0.15, 0.2) is 11.6 Å². The van der Waals surface area contributed by atoms with Crippen molar-refractivity contribution in [3.63, 3.8) is 0 Å². The highest BCUT2D eigenvalue weighted by Gasteiger charge is 2.09. The van der Waals surface area contributed by atoms with Crippen molar-refractivity contribution < 1.29 is 8.78 Å². The molecule has 0 fully saturated rings. The minimum atomic E-state index is -1.04. The fraction of sp³-hybridized carbons (Fsp3) is 0.333. The fourth-order valence-electron chi connectivity index (χ4n) is 1.62. The molecule has 0 aliphatic rings. The summed E-state index contributed by atoms with van der Waals surface area (Å²) in [5.41, 5.74) is -0.194. The Morgan fingerprint density at radius 3 is 2.61 bits per heavy atom. The first-order valence-electron chi connectivity index (χ1n) is 5.48. The molecule has 0 unspecified atom stereocenters. The average Bonchev–Trinajstić information content (AvgIpc) is 2.31. The van der Waals surface area contributed by atoms with E-state index in [9.17, 15) is 13.6 Å². The van der Waals surface area contributed by atoms with Crippen molar-refractivity contribution in [2.24, 2.45) is 0 Å². The molecule has 6 heteroatoms. The molecule has 2 rings (SSSR count). The van der Waals surface area contributed by atoms with Crippen molar-refractivity contribution in [1.82, 2.24) is 14.5 Å². The predicted molar refractivity (Wildman–Crippen MR) is 64.5 cm³/mol. The van der Waals surface area contributed by atoms with Gasteiger partial charge in [0, 0.05) is 19.2 Å². The molecule has 18 heavy (non-hydrogen) atoms. The smallest absolute Gasteiger partial charge is 0.261 e. The van der Waals surface area contributed by atoms with E-state index in [-0.39, 0.29) is 16.5 Å². The molecular weight excluding hydrogens is 240 g/mol. The zero-order valence-electron chi connectivity index (χ0n) is 10.2. The number of hydrogen-bond acceptors (Lipinski definition) is 3. The number of aromatic nitrogens is 2. The van der Waals surface area contributed by atoms with Crippen molar-refractivity contribution in [3.05, 3.63) is 40.4 Å². The van der Waals surface area contributed by atoms with E-state index in [4.69, 9.17) is 0 Å². The van der Waals surface area contributed by atoms with Gasteiger partial charge in [0.25, 0.3) is 5.56 Å². The van der Waals surface area contributed by atoms with Crippen LogP contribution in [0.25, 0.3) is 10.9 Å². The molecule has 0 saturated carbocycles. The van der Waals surface area contributed by atoms with E-state index in [0.717, 1.165) is 12.1 Å². The number of fused-ring (bicyclic) bond motifs is 1. The van der Waals surface area contributed by atoms with Gasteiger partial charge in [-0.1, -0.05) is 0 Å². The second-order valence-electron chi connectivity index (χ2n) is 4.33. The Balaban J connectivity index is 2.50. The largest absolute Gasteiger partial charge is 0.308 e. The second kappa shape index (κ2) is 4.81. The maximum Gasteiger partial charge on any atom is 0.261 e. The third-order valence-corrected chi connectivity index (χ3v) is 2.65.